The van der Waals surface area contributed by atoms with Gasteiger partial charge in [0.25, 0.3) is 0 Å². The fourth-order valence-corrected chi connectivity index (χ4v) is 6.84. The molecule has 0 radical (unpaired) electrons. The zero-order valence-corrected chi connectivity index (χ0v) is 20.3. The standard InChI is InChI=1S/C33H21BN2O/c1-20-18-25-22-13-9-14-24-30-23-12-5-8-17-29(23)37-33(30)36(32(22)24)34-26-15-6-7-16-27(26)35(28(19-20)31(25)34)21-10-3-2-4-11-21/h2-19H,1H3. The van der Waals surface area contributed by atoms with Gasteiger partial charge >= 0.3 is 6.85 Å². The quantitative estimate of drug-likeness (QED) is 0.235. The minimum atomic E-state index is 0.0252. The Hall–Kier alpha value is -4.70. The van der Waals surface area contributed by atoms with Gasteiger partial charge in [-0.2, -0.15) is 0 Å². The van der Waals surface area contributed by atoms with Crippen molar-refractivity contribution in [3.05, 3.63) is 115 Å². The summed E-state index contributed by atoms with van der Waals surface area (Å²) in [5, 5.41) is 3.64. The van der Waals surface area contributed by atoms with Crippen LogP contribution in [-0.2, 0) is 0 Å². The largest absolute Gasteiger partial charge is 0.441 e. The lowest BCUT2D eigenvalue weighted by Gasteiger charge is -2.40. The summed E-state index contributed by atoms with van der Waals surface area (Å²) in [6.07, 6.45) is 0. The third-order valence-electron chi connectivity index (χ3n) is 8.19. The number of nitrogens with zero attached hydrogens (tertiary/aromatic N) is 2. The van der Waals surface area contributed by atoms with Gasteiger partial charge in [-0.05, 0) is 59.3 Å². The minimum absolute atomic E-state index is 0.0252. The van der Waals surface area contributed by atoms with E-state index in [2.05, 4.69) is 125 Å². The fraction of sp³-hybridized carbons (Fsp3) is 0.0303. The zero-order chi connectivity index (χ0) is 24.2. The fourth-order valence-electron chi connectivity index (χ4n) is 6.84. The van der Waals surface area contributed by atoms with Gasteiger partial charge in [0.1, 0.15) is 5.58 Å². The maximum Gasteiger partial charge on any atom is 0.336 e. The second kappa shape index (κ2) is 6.74. The van der Waals surface area contributed by atoms with E-state index in [1.807, 2.05) is 0 Å². The van der Waals surface area contributed by atoms with Crippen LogP contribution in [0.15, 0.2) is 114 Å². The van der Waals surface area contributed by atoms with Crippen molar-refractivity contribution in [2.75, 3.05) is 4.90 Å². The molecule has 0 atom stereocenters. The summed E-state index contributed by atoms with van der Waals surface area (Å²) in [7, 11) is 0. The van der Waals surface area contributed by atoms with Gasteiger partial charge < -0.3 is 13.8 Å². The molecule has 0 fully saturated rings. The van der Waals surface area contributed by atoms with Gasteiger partial charge in [-0.15, -0.1) is 0 Å². The van der Waals surface area contributed by atoms with E-state index in [0.717, 1.165) is 11.3 Å². The van der Waals surface area contributed by atoms with Crippen molar-refractivity contribution >= 4 is 67.8 Å². The van der Waals surface area contributed by atoms with Crippen molar-refractivity contribution < 1.29 is 4.42 Å². The predicted octanol–water partition coefficient (Wildman–Crippen LogP) is 7.27. The molecular weight excluding hydrogens is 451 g/mol. The van der Waals surface area contributed by atoms with E-state index < -0.39 is 0 Å². The van der Waals surface area contributed by atoms with Crippen LogP contribution in [0.3, 0.4) is 0 Å². The van der Waals surface area contributed by atoms with E-state index in [1.54, 1.807) is 0 Å². The predicted molar refractivity (Wildman–Crippen MR) is 154 cm³/mol. The number of rotatable bonds is 1. The maximum absolute atomic E-state index is 6.66. The minimum Gasteiger partial charge on any atom is -0.441 e. The lowest BCUT2D eigenvalue weighted by atomic mass is 9.45. The maximum atomic E-state index is 6.66. The summed E-state index contributed by atoms with van der Waals surface area (Å²) in [5.74, 6) is 0. The van der Waals surface area contributed by atoms with E-state index in [-0.39, 0.29) is 6.85 Å². The van der Waals surface area contributed by atoms with E-state index in [0.29, 0.717) is 0 Å². The number of hydrogen-bond donors (Lipinski definition) is 0. The van der Waals surface area contributed by atoms with Crippen LogP contribution in [0.2, 0.25) is 0 Å². The molecule has 2 aliphatic heterocycles. The van der Waals surface area contributed by atoms with Crippen LogP contribution in [0.4, 0.5) is 17.1 Å². The summed E-state index contributed by atoms with van der Waals surface area (Å²) in [6.45, 7) is 2.24. The molecule has 37 heavy (non-hydrogen) atoms. The van der Waals surface area contributed by atoms with Gasteiger partial charge in [0.15, 0.2) is 5.71 Å². The summed E-state index contributed by atoms with van der Waals surface area (Å²) < 4.78 is 9.13. The van der Waals surface area contributed by atoms with Crippen LogP contribution in [0, 0.1) is 6.92 Å². The van der Waals surface area contributed by atoms with Crippen LogP contribution in [0.1, 0.15) is 5.56 Å². The van der Waals surface area contributed by atoms with Gasteiger partial charge in [0.2, 0.25) is 0 Å². The van der Waals surface area contributed by atoms with Gasteiger partial charge in [-0.1, -0.05) is 78.9 Å². The molecule has 5 aromatic carbocycles. The highest BCUT2D eigenvalue weighted by molar-refractivity contribution is 6.90. The van der Waals surface area contributed by atoms with E-state index in [4.69, 9.17) is 4.42 Å². The first-order chi connectivity index (χ1) is 18.3. The molecule has 4 heterocycles. The van der Waals surface area contributed by atoms with Crippen LogP contribution >= 0.6 is 0 Å². The highest BCUT2D eigenvalue weighted by Crippen LogP contribution is 2.47. The molecule has 3 nitrogen and oxygen atoms in total. The van der Waals surface area contributed by atoms with Gasteiger partial charge in [0, 0.05) is 38.9 Å². The Balaban J connectivity index is 1.50. The van der Waals surface area contributed by atoms with Crippen LogP contribution in [-0.4, -0.2) is 11.3 Å². The van der Waals surface area contributed by atoms with Gasteiger partial charge in [0.05, 0.1) is 5.39 Å². The van der Waals surface area contributed by atoms with Crippen molar-refractivity contribution in [2.45, 2.75) is 6.92 Å². The molecular formula is C33H21BN2O. The Labute approximate surface area is 214 Å². The summed E-state index contributed by atoms with van der Waals surface area (Å²) >= 11 is 0. The third-order valence-corrected chi connectivity index (χ3v) is 8.19. The van der Waals surface area contributed by atoms with E-state index in [9.17, 15) is 0 Å². The van der Waals surface area contributed by atoms with E-state index in [1.165, 1.54) is 66.4 Å². The third kappa shape index (κ3) is 2.33. The molecule has 9 rings (SSSR count). The second-order valence-electron chi connectivity index (χ2n) is 10.2. The van der Waals surface area contributed by atoms with Crippen LogP contribution in [0.25, 0.3) is 44.1 Å². The molecule has 0 spiro atoms. The monoisotopic (exact) mass is 472 g/mol. The van der Waals surface area contributed by atoms with Crippen LogP contribution in [0.5, 0.6) is 0 Å². The summed E-state index contributed by atoms with van der Waals surface area (Å²) in [5.41, 5.74) is 13.3. The second-order valence-corrected chi connectivity index (χ2v) is 10.2. The smallest absolute Gasteiger partial charge is 0.336 e. The van der Waals surface area contributed by atoms with Gasteiger partial charge in [-0.25, -0.2) is 0 Å². The van der Waals surface area contributed by atoms with Crippen molar-refractivity contribution in [2.24, 2.45) is 0 Å². The lowest BCUT2D eigenvalue weighted by molar-refractivity contribution is 0.651. The summed E-state index contributed by atoms with van der Waals surface area (Å²) in [6, 6.07) is 39.5. The molecule has 4 heteroatoms. The van der Waals surface area contributed by atoms with Crippen LogP contribution < -0.4 is 15.8 Å². The molecule has 0 unspecified atom stereocenters. The number of hydrogen-bond acceptors (Lipinski definition) is 2. The Morgan fingerprint density at radius 3 is 2.38 bits per heavy atom. The zero-order valence-electron chi connectivity index (χ0n) is 20.3. The molecule has 0 saturated carbocycles. The molecule has 172 valence electrons. The average molecular weight is 472 g/mol. The molecule has 0 saturated heterocycles. The SMILES string of the molecule is Cc1cc2c3c(c1)N(c1ccccc1)c1ccccc1B3n1c3oc4ccccc4c3c3cccc-2c31. The Morgan fingerprint density at radius 2 is 1.46 bits per heavy atom. The van der Waals surface area contributed by atoms with Crippen molar-refractivity contribution in [3.8, 4) is 11.1 Å². The molecule has 0 aliphatic carbocycles. The number of benzene rings is 5. The Bertz CT molecular complexity index is 2070. The molecule has 2 aliphatic rings. The number of anilines is 3. The number of para-hydroxylation sites is 4. The lowest BCUT2D eigenvalue weighted by Crippen LogP contribution is -2.56. The normalized spacial score (nSPS) is 13.4. The first-order valence-corrected chi connectivity index (χ1v) is 12.8. The number of fused-ring (bicyclic) bond motifs is 9. The Morgan fingerprint density at radius 1 is 0.676 bits per heavy atom. The van der Waals surface area contributed by atoms with Crippen molar-refractivity contribution in [3.63, 3.8) is 0 Å². The average Bonchev–Trinajstić information content (AvgIpc) is 3.47. The highest BCUT2D eigenvalue weighted by atomic mass is 16.3. The number of aromatic nitrogens is 1. The van der Waals surface area contributed by atoms with E-state index >= 15 is 0 Å². The van der Waals surface area contributed by atoms with Crippen molar-refractivity contribution in [1.82, 2.24) is 4.48 Å². The highest BCUT2D eigenvalue weighted by Gasteiger charge is 2.43. The molecule has 7 aromatic rings. The first kappa shape index (κ1) is 19.5. The van der Waals surface area contributed by atoms with Gasteiger partial charge in [-0.3, -0.25) is 0 Å². The molecule has 2 aromatic heterocycles. The summed E-state index contributed by atoms with van der Waals surface area (Å²) in [4.78, 5) is 2.43. The van der Waals surface area contributed by atoms with Crippen molar-refractivity contribution in [1.29, 1.82) is 0 Å². The first-order valence-electron chi connectivity index (χ1n) is 12.8. The number of aryl methyl sites for hydroxylation is 1. The molecule has 0 N–H and O–H groups in total. The Kier molecular flexibility index (Phi) is 3.55. The molecule has 0 bridgehead atoms. The number of furan rings is 1. The topological polar surface area (TPSA) is 21.3 Å². The molecule has 0 amide bonds.